The van der Waals surface area contributed by atoms with E-state index in [1.54, 1.807) is 6.33 Å². The highest BCUT2D eigenvalue weighted by Crippen LogP contribution is 2.27. The topological polar surface area (TPSA) is 117 Å². The van der Waals surface area contributed by atoms with Crippen LogP contribution in [0.2, 0.25) is 0 Å². The van der Waals surface area contributed by atoms with Gasteiger partial charge in [-0.25, -0.2) is 23.5 Å². The lowest BCUT2D eigenvalue weighted by Gasteiger charge is -2.13. The first-order valence-corrected chi connectivity index (χ1v) is 10.5. The number of rotatable bonds is 8. The molecule has 0 amide bonds. The number of anilines is 1. The molecule has 0 aliphatic carbocycles. The van der Waals surface area contributed by atoms with Crippen molar-refractivity contribution in [2.75, 3.05) is 5.73 Å². The van der Waals surface area contributed by atoms with Crippen LogP contribution in [0.5, 0.6) is 0 Å². The second kappa shape index (κ2) is 7.59. The smallest absolute Gasteiger partial charge is 0.211 e. The van der Waals surface area contributed by atoms with Crippen LogP contribution in [-0.2, 0) is 16.6 Å². The summed E-state index contributed by atoms with van der Waals surface area (Å²) in [5.74, 6) is 0.426. The Balaban J connectivity index is 1.76. The van der Waals surface area contributed by atoms with Gasteiger partial charge in [-0.1, -0.05) is 38.0 Å². The Labute approximate surface area is 153 Å². The van der Waals surface area contributed by atoms with Gasteiger partial charge in [0.15, 0.2) is 5.82 Å². The van der Waals surface area contributed by atoms with Gasteiger partial charge in [0.2, 0.25) is 10.0 Å². The summed E-state index contributed by atoms with van der Waals surface area (Å²) < 4.78 is 25.4. The van der Waals surface area contributed by atoms with Crippen molar-refractivity contribution in [3.8, 4) is 0 Å². The van der Waals surface area contributed by atoms with E-state index in [2.05, 4.69) is 14.5 Å². The molecule has 0 fully saturated rings. The van der Waals surface area contributed by atoms with Gasteiger partial charge < -0.3 is 10.3 Å². The van der Waals surface area contributed by atoms with Gasteiger partial charge in [0.25, 0.3) is 0 Å². The van der Waals surface area contributed by atoms with Crippen molar-refractivity contribution in [1.82, 2.24) is 14.5 Å². The average molecular weight is 375 g/mol. The van der Waals surface area contributed by atoms with E-state index >= 15 is 0 Å². The number of aryl methyl sites for hydroxylation is 1. The van der Waals surface area contributed by atoms with Crippen molar-refractivity contribution in [2.45, 2.75) is 50.8 Å². The number of primary sulfonamides is 1. The molecule has 0 aliphatic heterocycles. The Morgan fingerprint density at radius 2 is 1.96 bits per heavy atom. The first-order valence-electron chi connectivity index (χ1n) is 8.92. The quantitative estimate of drug-likeness (QED) is 0.587. The third kappa shape index (κ3) is 3.81. The number of hydrogen-bond donors (Lipinski definition) is 2. The first-order chi connectivity index (χ1) is 12.4. The van der Waals surface area contributed by atoms with Crippen molar-refractivity contribution in [3.05, 3.63) is 30.6 Å². The van der Waals surface area contributed by atoms with E-state index in [9.17, 15) is 8.42 Å². The molecule has 3 rings (SSSR count). The summed E-state index contributed by atoms with van der Waals surface area (Å²) in [6.45, 7) is 2.72. The number of benzene rings is 1. The molecule has 0 saturated heterocycles. The first kappa shape index (κ1) is 18.6. The summed E-state index contributed by atoms with van der Waals surface area (Å²) in [5, 5.41) is 5.90. The Morgan fingerprint density at radius 3 is 2.69 bits per heavy atom. The molecule has 8 heteroatoms. The number of sulfonamides is 1. The molecule has 1 atom stereocenters. The fourth-order valence-electron chi connectivity index (χ4n) is 3.42. The molecule has 140 valence electrons. The summed E-state index contributed by atoms with van der Waals surface area (Å²) in [7, 11) is -3.47. The number of nitrogens with zero attached hydrogens (tertiary/aromatic N) is 3. The summed E-state index contributed by atoms with van der Waals surface area (Å²) in [6, 6.07) is 7.85. The third-order valence-electron chi connectivity index (χ3n) is 4.73. The fraction of sp³-hybridized carbons (Fsp3) is 0.444. The van der Waals surface area contributed by atoms with Crippen LogP contribution in [-0.4, -0.2) is 28.2 Å². The minimum atomic E-state index is -3.47. The second-order valence-corrected chi connectivity index (χ2v) is 8.49. The number of para-hydroxylation sites is 1. The highest BCUT2D eigenvalue weighted by atomic mass is 32.2. The van der Waals surface area contributed by atoms with Crippen molar-refractivity contribution in [3.63, 3.8) is 0 Å². The number of pyridine rings is 1. The molecule has 0 bridgehead atoms. The van der Waals surface area contributed by atoms with Gasteiger partial charge in [0.1, 0.15) is 5.52 Å². The summed E-state index contributed by atoms with van der Waals surface area (Å²) in [4.78, 5) is 8.82. The summed E-state index contributed by atoms with van der Waals surface area (Å²) in [6.07, 6.45) is 5.42. The number of aromatic nitrogens is 3. The molecule has 0 aliphatic rings. The van der Waals surface area contributed by atoms with E-state index < -0.39 is 15.3 Å². The Hall–Kier alpha value is -2.19. The molecule has 1 unspecified atom stereocenters. The van der Waals surface area contributed by atoms with E-state index in [-0.39, 0.29) is 0 Å². The SMILES string of the molecule is CCCC(CCCCn1cnc2c(N)nc3ccccc3c21)S(N)(=O)=O. The number of unbranched alkanes of at least 4 members (excludes halogenated alkanes) is 1. The maximum atomic E-state index is 11.6. The second-order valence-electron chi connectivity index (χ2n) is 6.64. The van der Waals surface area contributed by atoms with Crippen LogP contribution in [0.1, 0.15) is 39.0 Å². The van der Waals surface area contributed by atoms with Crippen LogP contribution < -0.4 is 10.9 Å². The van der Waals surface area contributed by atoms with Crippen molar-refractivity contribution >= 4 is 37.8 Å². The molecule has 2 aromatic heterocycles. The van der Waals surface area contributed by atoms with E-state index in [1.807, 2.05) is 31.2 Å². The van der Waals surface area contributed by atoms with E-state index in [1.165, 1.54) is 0 Å². The summed E-state index contributed by atoms with van der Waals surface area (Å²) in [5.41, 5.74) is 8.57. The predicted octanol–water partition coefficient (Wildman–Crippen LogP) is 2.79. The number of fused-ring (bicyclic) bond motifs is 3. The molecule has 7 nitrogen and oxygen atoms in total. The number of imidazole rings is 1. The van der Waals surface area contributed by atoms with Gasteiger partial charge >= 0.3 is 0 Å². The molecule has 0 radical (unpaired) electrons. The lowest BCUT2D eigenvalue weighted by Crippen LogP contribution is -2.28. The normalized spacial score (nSPS) is 13.5. The molecule has 2 heterocycles. The highest BCUT2D eigenvalue weighted by molar-refractivity contribution is 7.89. The van der Waals surface area contributed by atoms with E-state index in [4.69, 9.17) is 10.9 Å². The van der Waals surface area contributed by atoms with Crippen molar-refractivity contribution < 1.29 is 8.42 Å². The minimum absolute atomic E-state index is 0.426. The average Bonchev–Trinajstić information content (AvgIpc) is 3.02. The number of hydrogen-bond acceptors (Lipinski definition) is 5. The van der Waals surface area contributed by atoms with Crippen LogP contribution >= 0.6 is 0 Å². The van der Waals surface area contributed by atoms with Gasteiger partial charge in [0, 0.05) is 11.9 Å². The molecule has 4 N–H and O–H groups in total. The van der Waals surface area contributed by atoms with E-state index in [0.29, 0.717) is 24.2 Å². The maximum Gasteiger partial charge on any atom is 0.211 e. The van der Waals surface area contributed by atoms with E-state index in [0.717, 1.165) is 42.2 Å². The molecular weight excluding hydrogens is 350 g/mol. The molecule has 1 aromatic carbocycles. The largest absolute Gasteiger partial charge is 0.382 e. The van der Waals surface area contributed by atoms with Gasteiger partial charge in [0.05, 0.1) is 22.6 Å². The number of nitrogen functional groups attached to an aromatic ring is 1. The lowest BCUT2D eigenvalue weighted by atomic mass is 10.1. The Kier molecular flexibility index (Phi) is 5.43. The lowest BCUT2D eigenvalue weighted by molar-refractivity contribution is 0.531. The van der Waals surface area contributed by atoms with Gasteiger partial charge in [-0.05, 0) is 25.3 Å². The van der Waals surface area contributed by atoms with Gasteiger partial charge in [-0.3, -0.25) is 0 Å². The van der Waals surface area contributed by atoms with Crippen LogP contribution in [0.25, 0.3) is 21.9 Å². The fourth-order valence-corrected chi connectivity index (χ4v) is 4.48. The maximum absolute atomic E-state index is 11.6. The minimum Gasteiger partial charge on any atom is -0.382 e. The van der Waals surface area contributed by atoms with Crippen LogP contribution in [0.15, 0.2) is 30.6 Å². The highest BCUT2D eigenvalue weighted by Gasteiger charge is 2.19. The Morgan fingerprint density at radius 1 is 1.19 bits per heavy atom. The van der Waals surface area contributed by atoms with Crippen LogP contribution in [0.4, 0.5) is 5.82 Å². The zero-order valence-electron chi connectivity index (χ0n) is 14.9. The Bertz CT molecular complexity index is 1010. The van der Waals surface area contributed by atoms with Gasteiger partial charge in [-0.15, -0.1) is 0 Å². The molecular formula is C18H25N5O2S. The monoisotopic (exact) mass is 375 g/mol. The molecule has 0 spiro atoms. The molecule has 26 heavy (non-hydrogen) atoms. The zero-order valence-corrected chi connectivity index (χ0v) is 15.7. The van der Waals surface area contributed by atoms with Crippen molar-refractivity contribution in [1.29, 1.82) is 0 Å². The zero-order chi connectivity index (χ0) is 18.7. The standard InChI is InChI=1S/C18H25N5O2S/c1-2-7-13(26(20,24)25)8-5-6-11-23-12-21-16-17(23)14-9-3-4-10-15(14)22-18(16)19/h3-4,9-10,12-13H,2,5-8,11H2,1H3,(H2,19,22)(H2,20,24,25). The van der Waals surface area contributed by atoms with Crippen LogP contribution in [0.3, 0.4) is 0 Å². The van der Waals surface area contributed by atoms with Crippen LogP contribution in [0, 0.1) is 0 Å². The molecule has 3 aromatic rings. The predicted molar refractivity (Wildman–Crippen MR) is 105 cm³/mol. The molecule has 0 saturated carbocycles. The third-order valence-corrected chi connectivity index (χ3v) is 6.13. The number of nitrogens with two attached hydrogens (primary N) is 2. The van der Waals surface area contributed by atoms with Crippen molar-refractivity contribution in [2.24, 2.45) is 5.14 Å². The summed E-state index contributed by atoms with van der Waals surface area (Å²) >= 11 is 0. The van der Waals surface area contributed by atoms with Gasteiger partial charge in [-0.2, -0.15) is 0 Å².